The number of aliphatic carboxylic acids is 1. The van der Waals surface area contributed by atoms with Crippen molar-refractivity contribution in [1.29, 1.82) is 0 Å². The number of hydrogen-bond acceptors (Lipinski definition) is 4. The lowest BCUT2D eigenvalue weighted by atomic mass is 10.2. The number of nitrogens with zero attached hydrogens (tertiary/aromatic N) is 1. The van der Waals surface area contributed by atoms with Crippen molar-refractivity contribution in [1.82, 2.24) is 4.90 Å². The SMILES string of the molecule is CSCCN(C)C(=O)[C@@H]1CC[C@H](C(=O)O)O1. The third-order valence-electron chi connectivity index (χ3n) is 2.58. The molecule has 16 heavy (non-hydrogen) atoms. The number of thioether (sulfide) groups is 1. The van der Waals surface area contributed by atoms with Crippen LogP contribution in [0, 0.1) is 0 Å². The Morgan fingerprint density at radius 2 is 2.06 bits per heavy atom. The van der Waals surface area contributed by atoms with Crippen LogP contribution in [0.2, 0.25) is 0 Å². The summed E-state index contributed by atoms with van der Waals surface area (Å²) in [5.41, 5.74) is 0. The monoisotopic (exact) mass is 247 g/mol. The van der Waals surface area contributed by atoms with E-state index in [1.807, 2.05) is 6.26 Å². The van der Waals surface area contributed by atoms with E-state index in [-0.39, 0.29) is 5.91 Å². The molecular formula is C10H17NO4S. The van der Waals surface area contributed by atoms with Crippen molar-refractivity contribution in [3.63, 3.8) is 0 Å². The molecule has 2 atom stereocenters. The van der Waals surface area contributed by atoms with Crippen molar-refractivity contribution in [2.75, 3.05) is 25.6 Å². The summed E-state index contributed by atoms with van der Waals surface area (Å²) in [6.07, 6.45) is 1.50. The lowest BCUT2D eigenvalue weighted by Gasteiger charge is -2.20. The molecular weight excluding hydrogens is 230 g/mol. The van der Waals surface area contributed by atoms with Crippen molar-refractivity contribution in [3.05, 3.63) is 0 Å². The third-order valence-corrected chi connectivity index (χ3v) is 3.17. The van der Waals surface area contributed by atoms with Gasteiger partial charge in [-0.2, -0.15) is 11.8 Å². The first-order valence-corrected chi connectivity index (χ1v) is 6.57. The molecule has 1 aliphatic rings. The minimum absolute atomic E-state index is 0.113. The average molecular weight is 247 g/mol. The van der Waals surface area contributed by atoms with E-state index < -0.39 is 18.2 Å². The molecule has 0 spiro atoms. The second kappa shape index (κ2) is 6.10. The fraction of sp³-hybridized carbons (Fsp3) is 0.800. The summed E-state index contributed by atoms with van der Waals surface area (Å²) in [5.74, 6) is -0.225. The van der Waals surface area contributed by atoms with Gasteiger partial charge in [-0.25, -0.2) is 4.79 Å². The Morgan fingerprint density at radius 1 is 1.44 bits per heavy atom. The molecule has 5 nitrogen and oxygen atoms in total. The van der Waals surface area contributed by atoms with Crippen LogP contribution in [0.4, 0.5) is 0 Å². The van der Waals surface area contributed by atoms with Crippen LogP contribution >= 0.6 is 11.8 Å². The molecule has 0 unspecified atom stereocenters. The minimum Gasteiger partial charge on any atom is -0.479 e. The van der Waals surface area contributed by atoms with Gasteiger partial charge in [-0.05, 0) is 19.1 Å². The molecule has 1 heterocycles. The second-order valence-corrected chi connectivity index (χ2v) is 4.77. The maximum Gasteiger partial charge on any atom is 0.332 e. The zero-order valence-corrected chi connectivity index (χ0v) is 10.3. The van der Waals surface area contributed by atoms with E-state index >= 15 is 0 Å². The minimum atomic E-state index is -0.984. The van der Waals surface area contributed by atoms with Gasteiger partial charge in [0.2, 0.25) is 0 Å². The largest absolute Gasteiger partial charge is 0.479 e. The van der Waals surface area contributed by atoms with E-state index in [1.165, 1.54) is 0 Å². The normalized spacial score (nSPS) is 24.4. The van der Waals surface area contributed by atoms with Gasteiger partial charge in [0.1, 0.15) is 6.10 Å². The fourth-order valence-electron chi connectivity index (χ4n) is 1.58. The van der Waals surface area contributed by atoms with Gasteiger partial charge in [0.15, 0.2) is 6.10 Å². The van der Waals surface area contributed by atoms with Crippen molar-refractivity contribution >= 4 is 23.6 Å². The number of carboxylic acids is 1. The summed E-state index contributed by atoms with van der Waals surface area (Å²) >= 11 is 1.67. The predicted octanol–water partition coefficient (Wildman–Crippen LogP) is 0.440. The van der Waals surface area contributed by atoms with Crippen LogP contribution in [0.15, 0.2) is 0 Å². The number of rotatable bonds is 5. The number of likely N-dealkylation sites (N-methyl/N-ethyl adjacent to an activating group) is 1. The van der Waals surface area contributed by atoms with Gasteiger partial charge < -0.3 is 14.7 Å². The van der Waals surface area contributed by atoms with Crippen molar-refractivity contribution in [3.8, 4) is 0 Å². The Morgan fingerprint density at radius 3 is 2.56 bits per heavy atom. The molecule has 1 fully saturated rings. The summed E-state index contributed by atoms with van der Waals surface area (Å²) in [5, 5.41) is 8.74. The topological polar surface area (TPSA) is 66.8 Å². The molecule has 1 amide bonds. The van der Waals surface area contributed by atoms with Gasteiger partial charge in [-0.15, -0.1) is 0 Å². The Labute approximate surface area is 99.1 Å². The highest BCUT2D eigenvalue weighted by atomic mass is 32.2. The summed E-state index contributed by atoms with van der Waals surface area (Å²) in [6, 6.07) is 0. The molecule has 1 saturated heterocycles. The van der Waals surface area contributed by atoms with E-state index in [1.54, 1.807) is 23.7 Å². The van der Waals surface area contributed by atoms with Crippen LogP contribution in [-0.2, 0) is 14.3 Å². The van der Waals surface area contributed by atoms with Crippen LogP contribution in [0.5, 0.6) is 0 Å². The summed E-state index contributed by atoms with van der Waals surface area (Å²) in [7, 11) is 1.72. The van der Waals surface area contributed by atoms with Crippen LogP contribution in [0.3, 0.4) is 0 Å². The molecule has 92 valence electrons. The highest BCUT2D eigenvalue weighted by Crippen LogP contribution is 2.21. The van der Waals surface area contributed by atoms with E-state index in [4.69, 9.17) is 9.84 Å². The van der Waals surface area contributed by atoms with Crippen LogP contribution in [-0.4, -0.2) is 59.7 Å². The second-order valence-electron chi connectivity index (χ2n) is 3.78. The third kappa shape index (κ3) is 3.38. The number of carbonyl (C=O) groups excluding carboxylic acids is 1. The zero-order valence-electron chi connectivity index (χ0n) is 9.51. The van der Waals surface area contributed by atoms with Crippen molar-refractivity contribution < 1.29 is 19.4 Å². The molecule has 0 bridgehead atoms. The molecule has 0 aromatic rings. The molecule has 0 saturated carbocycles. The van der Waals surface area contributed by atoms with Crippen LogP contribution in [0.1, 0.15) is 12.8 Å². The number of carboxylic acid groups (broad SMARTS) is 1. The first-order chi connectivity index (χ1) is 7.56. The number of hydrogen-bond donors (Lipinski definition) is 1. The molecule has 0 aromatic carbocycles. The molecule has 1 aliphatic heterocycles. The van der Waals surface area contributed by atoms with Gasteiger partial charge in [-0.3, -0.25) is 4.79 Å². The quantitative estimate of drug-likeness (QED) is 0.763. The lowest BCUT2D eigenvalue weighted by molar-refractivity contribution is -0.154. The van der Waals surface area contributed by atoms with Crippen molar-refractivity contribution in [2.24, 2.45) is 0 Å². The Hall–Kier alpha value is -0.750. The molecule has 1 rings (SSSR count). The van der Waals surface area contributed by atoms with Crippen molar-refractivity contribution in [2.45, 2.75) is 25.0 Å². The summed E-state index contributed by atoms with van der Waals surface area (Å²) < 4.78 is 5.19. The number of carbonyl (C=O) groups is 2. The van der Waals surface area contributed by atoms with E-state index in [9.17, 15) is 9.59 Å². The summed E-state index contributed by atoms with van der Waals surface area (Å²) in [4.78, 5) is 24.1. The highest BCUT2D eigenvalue weighted by molar-refractivity contribution is 7.98. The lowest BCUT2D eigenvalue weighted by Crippen LogP contribution is -2.38. The van der Waals surface area contributed by atoms with E-state index in [2.05, 4.69) is 0 Å². The standard InChI is InChI=1S/C10H17NO4S/c1-11(5-6-16-2)9(12)7-3-4-8(15-7)10(13)14/h7-8H,3-6H2,1-2H3,(H,13,14)/t7-,8+/m0/s1. The van der Waals surface area contributed by atoms with Crippen LogP contribution < -0.4 is 0 Å². The zero-order chi connectivity index (χ0) is 12.1. The maximum atomic E-state index is 11.8. The maximum absolute atomic E-state index is 11.8. The molecule has 0 radical (unpaired) electrons. The van der Waals surface area contributed by atoms with Gasteiger partial charge in [0, 0.05) is 19.3 Å². The van der Waals surface area contributed by atoms with Gasteiger partial charge in [0.05, 0.1) is 0 Å². The first kappa shape index (κ1) is 13.3. The summed E-state index contributed by atoms with van der Waals surface area (Å²) in [6.45, 7) is 0.664. The first-order valence-electron chi connectivity index (χ1n) is 5.18. The molecule has 1 N–H and O–H groups in total. The molecule has 0 aliphatic carbocycles. The van der Waals surface area contributed by atoms with Gasteiger partial charge >= 0.3 is 5.97 Å². The Balaban J connectivity index is 2.41. The van der Waals surface area contributed by atoms with Gasteiger partial charge in [-0.1, -0.05) is 0 Å². The van der Waals surface area contributed by atoms with E-state index in [0.29, 0.717) is 19.4 Å². The Kier molecular flexibility index (Phi) is 5.08. The number of ether oxygens (including phenoxy) is 1. The Bertz CT molecular complexity index is 272. The highest BCUT2D eigenvalue weighted by Gasteiger charge is 2.35. The molecule has 0 aromatic heterocycles. The van der Waals surface area contributed by atoms with Crippen LogP contribution in [0.25, 0.3) is 0 Å². The predicted molar refractivity (Wildman–Crippen MR) is 61.5 cm³/mol. The number of amides is 1. The fourth-order valence-corrected chi connectivity index (χ4v) is 2.04. The van der Waals surface area contributed by atoms with Gasteiger partial charge in [0.25, 0.3) is 5.91 Å². The average Bonchev–Trinajstić information content (AvgIpc) is 2.74. The molecule has 6 heteroatoms. The van der Waals surface area contributed by atoms with E-state index in [0.717, 1.165) is 5.75 Å². The smallest absolute Gasteiger partial charge is 0.332 e.